The van der Waals surface area contributed by atoms with E-state index in [1.165, 1.54) is 40.4 Å². The summed E-state index contributed by atoms with van der Waals surface area (Å²) in [5.74, 6) is 0.630. The number of ketones is 1. The molecule has 1 atom stereocenters. The van der Waals surface area contributed by atoms with Gasteiger partial charge in [0.15, 0.2) is 17.6 Å². The molecular formula is C20H22O7. The van der Waals surface area contributed by atoms with Crippen LogP contribution in [0.25, 0.3) is 0 Å². The normalized spacial score (nSPS) is 11.3. The fourth-order valence-corrected chi connectivity index (χ4v) is 2.47. The largest absolute Gasteiger partial charge is 0.497 e. The molecule has 7 heteroatoms. The van der Waals surface area contributed by atoms with E-state index in [0.29, 0.717) is 28.6 Å². The summed E-state index contributed by atoms with van der Waals surface area (Å²) >= 11 is 0. The van der Waals surface area contributed by atoms with Gasteiger partial charge in [-0.3, -0.25) is 4.79 Å². The lowest BCUT2D eigenvalue weighted by Crippen LogP contribution is -2.24. The predicted molar refractivity (Wildman–Crippen MR) is 98.3 cm³/mol. The summed E-state index contributed by atoms with van der Waals surface area (Å²) in [5, 5.41) is 0. The molecule has 0 radical (unpaired) electrons. The van der Waals surface area contributed by atoms with E-state index in [4.69, 9.17) is 23.7 Å². The number of benzene rings is 2. The van der Waals surface area contributed by atoms with Crippen LogP contribution >= 0.6 is 0 Å². The van der Waals surface area contributed by atoms with Gasteiger partial charge < -0.3 is 23.7 Å². The number of carbonyl (C=O) groups excluding carboxylic acids is 2. The summed E-state index contributed by atoms with van der Waals surface area (Å²) in [7, 11) is 5.90. The Balaban J connectivity index is 2.19. The summed E-state index contributed by atoms with van der Waals surface area (Å²) in [4.78, 5) is 25.0. The highest BCUT2D eigenvalue weighted by molar-refractivity contribution is 6.01. The molecule has 144 valence electrons. The minimum absolute atomic E-state index is 0.180. The lowest BCUT2D eigenvalue weighted by Gasteiger charge is -2.16. The summed E-state index contributed by atoms with van der Waals surface area (Å²) < 4.78 is 26.0. The summed E-state index contributed by atoms with van der Waals surface area (Å²) in [6.07, 6.45) is -0.968. The molecule has 27 heavy (non-hydrogen) atoms. The molecule has 2 rings (SSSR count). The number of carbonyl (C=O) groups is 2. The molecule has 0 fully saturated rings. The second kappa shape index (κ2) is 8.93. The van der Waals surface area contributed by atoms with Crippen LogP contribution in [0, 0.1) is 0 Å². The van der Waals surface area contributed by atoms with Crippen molar-refractivity contribution in [2.24, 2.45) is 0 Å². The van der Waals surface area contributed by atoms with Crippen LogP contribution in [0.4, 0.5) is 0 Å². The van der Waals surface area contributed by atoms with Gasteiger partial charge in [-0.2, -0.15) is 0 Å². The third kappa shape index (κ3) is 4.49. The minimum Gasteiger partial charge on any atom is -0.497 e. The minimum atomic E-state index is -0.968. The molecule has 2 aromatic carbocycles. The monoisotopic (exact) mass is 374 g/mol. The first-order valence-corrected chi connectivity index (χ1v) is 8.14. The van der Waals surface area contributed by atoms with Crippen molar-refractivity contribution in [1.29, 1.82) is 0 Å². The summed E-state index contributed by atoms with van der Waals surface area (Å²) in [5.41, 5.74) is 0.597. The zero-order valence-corrected chi connectivity index (χ0v) is 15.9. The quantitative estimate of drug-likeness (QED) is 0.519. The maximum Gasteiger partial charge on any atom is 0.339 e. The molecule has 7 nitrogen and oxygen atoms in total. The van der Waals surface area contributed by atoms with Crippen molar-refractivity contribution in [3.8, 4) is 23.0 Å². The van der Waals surface area contributed by atoms with Crippen molar-refractivity contribution in [2.75, 3.05) is 28.4 Å². The molecule has 0 aliphatic carbocycles. The average Bonchev–Trinajstić information content (AvgIpc) is 2.71. The van der Waals surface area contributed by atoms with E-state index in [1.54, 1.807) is 31.4 Å². The standard InChI is InChI=1S/C20H22O7/c1-12(18(21)13-6-8-15(23-2)9-7-13)27-20(22)14-10-16(24-3)19(26-5)17(11-14)25-4/h6-12H,1-5H3/t12-/m0/s1. The Hall–Kier alpha value is -3.22. The fraction of sp³-hybridized carbons (Fsp3) is 0.300. The number of ether oxygens (including phenoxy) is 5. The van der Waals surface area contributed by atoms with Crippen LogP contribution in [-0.4, -0.2) is 46.3 Å². The second-order valence-electron chi connectivity index (χ2n) is 5.55. The summed E-state index contributed by atoms with van der Waals surface area (Å²) in [6.45, 7) is 1.52. The maximum absolute atomic E-state index is 12.5. The Morgan fingerprint density at radius 2 is 1.33 bits per heavy atom. The second-order valence-corrected chi connectivity index (χ2v) is 5.55. The predicted octanol–water partition coefficient (Wildman–Crippen LogP) is 3.15. The van der Waals surface area contributed by atoms with Crippen molar-refractivity contribution in [1.82, 2.24) is 0 Å². The van der Waals surface area contributed by atoms with Crippen molar-refractivity contribution in [3.05, 3.63) is 47.5 Å². The molecule has 0 aliphatic rings. The van der Waals surface area contributed by atoms with Crippen LogP contribution < -0.4 is 18.9 Å². The van der Waals surface area contributed by atoms with E-state index in [9.17, 15) is 9.59 Å². The topological polar surface area (TPSA) is 80.3 Å². The van der Waals surface area contributed by atoms with Crippen LogP contribution in [0.5, 0.6) is 23.0 Å². The van der Waals surface area contributed by atoms with E-state index in [2.05, 4.69) is 0 Å². The lowest BCUT2D eigenvalue weighted by molar-refractivity contribution is 0.0318. The smallest absolute Gasteiger partial charge is 0.339 e. The summed E-state index contributed by atoms with van der Waals surface area (Å²) in [6, 6.07) is 9.50. The van der Waals surface area contributed by atoms with Crippen LogP contribution in [0.1, 0.15) is 27.6 Å². The molecule has 0 N–H and O–H groups in total. The fourth-order valence-electron chi connectivity index (χ4n) is 2.47. The molecule has 2 aromatic rings. The van der Waals surface area contributed by atoms with Crippen LogP contribution in [-0.2, 0) is 4.74 Å². The van der Waals surface area contributed by atoms with Gasteiger partial charge in [0.2, 0.25) is 11.5 Å². The number of rotatable bonds is 8. The van der Waals surface area contributed by atoms with Crippen molar-refractivity contribution < 1.29 is 33.3 Å². The zero-order valence-electron chi connectivity index (χ0n) is 15.9. The number of hydrogen-bond donors (Lipinski definition) is 0. The van der Waals surface area contributed by atoms with Crippen LogP contribution in [0.2, 0.25) is 0 Å². The van der Waals surface area contributed by atoms with E-state index in [1.807, 2.05) is 0 Å². The van der Waals surface area contributed by atoms with Crippen molar-refractivity contribution in [3.63, 3.8) is 0 Å². The first-order chi connectivity index (χ1) is 12.9. The van der Waals surface area contributed by atoms with Crippen LogP contribution in [0.15, 0.2) is 36.4 Å². The van der Waals surface area contributed by atoms with E-state index >= 15 is 0 Å². The molecule has 0 amide bonds. The molecule has 0 unspecified atom stereocenters. The lowest BCUT2D eigenvalue weighted by atomic mass is 10.1. The Morgan fingerprint density at radius 3 is 1.78 bits per heavy atom. The molecule has 0 saturated heterocycles. The van der Waals surface area contributed by atoms with Gasteiger partial charge in [-0.05, 0) is 43.3 Å². The third-order valence-corrected chi connectivity index (χ3v) is 3.93. The van der Waals surface area contributed by atoms with E-state index in [0.717, 1.165) is 0 Å². The van der Waals surface area contributed by atoms with Gasteiger partial charge >= 0.3 is 5.97 Å². The molecule has 0 aliphatic heterocycles. The molecule has 0 saturated carbocycles. The average molecular weight is 374 g/mol. The zero-order chi connectivity index (χ0) is 20.0. The molecule has 0 heterocycles. The highest BCUT2D eigenvalue weighted by Crippen LogP contribution is 2.38. The van der Waals surface area contributed by atoms with E-state index in [-0.39, 0.29) is 11.3 Å². The Bertz CT molecular complexity index is 787. The highest BCUT2D eigenvalue weighted by Gasteiger charge is 2.23. The number of Topliss-reactive ketones (excluding diaryl/α,β-unsaturated/α-hetero) is 1. The van der Waals surface area contributed by atoms with Gasteiger partial charge in [0.1, 0.15) is 5.75 Å². The first-order valence-electron chi connectivity index (χ1n) is 8.14. The SMILES string of the molecule is COc1ccc(C(=O)[C@H](C)OC(=O)c2cc(OC)c(OC)c(OC)c2)cc1. The number of methoxy groups -OCH3 is 4. The van der Waals surface area contributed by atoms with Crippen molar-refractivity contribution in [2.45, 2.75) is 13.0 Å². The Morgan fingerprint density at radius 1 is 0.778 bits per heavy atom. The van der Waals surface area contributed by atoms with Gasteiger partial charge in [0.25, 0.3) is 0 Å². The number of esters is 1. The third-order valence-electron chi connectivity index (χ3n) is 3.93. The molecule has 0 spiro atoms. The highest BCUT2D eigenvalue weighted by atomic mass is 16.5. The van der Waals surface area contributed by atoms with Gasteiger partial charge in [-0.15, -0.1) is 0 Å². The van der Waals surface area contributed by atoms with Crippen molar-refractivity contribution >= 4 is 11.8 Å². The Kier molecular flexibility index (Phi) is 6.65. The van der Waals surface area contributed by atoms with Gasteiger partial charge in [-0.25, -0.2) is 4.79 Å². The Labute approximate surface area is 157 Å². The number of hydrogen-bond acceptors (Lipinski definition) is 7. The van der Waals surface area contributed by atoms with Gasteiger partial charge in [0.05, 0.1) is 34.0 Å². The van der Waals surface area contributed by atoms with E-state index < -0.39 is 12.1 Å². The van der Waals surface area contributed by atoms with Gasteiger partial charge in [0, 0.05) is 5.56 Å². The van der Waals surface area contributed by atoms with Gasteiger partial charge in [-0.1, -0.05) is 0 Å². The van der Waals surface area contributed by atoms with Crippen LogP contribution in [0.3, 0.4) is 0 Å². The molecule has 0 bridgehead atoms. The maximum atomic E-state index is 12.5. The molecular weight excluding hydrogens is 352 g/mol. The first kappa shape index (κ1) is 20.1. The molecule has 0 aromatic heterocycles.